The third kappa shape index (κ3) is 4.73. The summed E-state index contributed by atoms with van der Waals surface area (Å²) < 4.78 is 6.24. The number of aliphatic carboxylic acids is 1. The highest BCUT2D eigenvalue weighted by Crippen LogP contribution is 2.39. The molecule has 0 fully saturated rings. The summed E-state index contributed by atoms with van der Waals surface area (Å²) in [6.45, 7) is 4.02. The molecule has 0 spiro atoms. The number of pyridine rings is 1. The van der Waals surface area contributed by atoms with Crippen LogP contribution < -0.4 is 10.6 Å². The number of aromatic nitrogens is 1. The van der Waals surface area contributed by atoms with Crippen molar-refractivity contribution < 1.29 is 14.3 Å². The van der Waals surface area contributed by atoms with Gasteiger partial charge >= 0.3 is 5.97 Å². The van der Waals surface area contributed by atoms with Crippen LogP contribution in [-0.4, -0.2) is 22.1 Å². The Morgan fingerprint density at radius 3 is 2.81 bits per heavy atom. The number of hydrogen-bond acceptors (Lipinski definition) is 6. The second kappa shape index (κ2) is 9.32. The number of carbonyl (C=O) groups is 1. The maximum Gasteiger partial charge on any atom is 0.325 e. The van der Waals surface area contributed by atoms with Crippen molar-refractivity contribution in [1.82, 2.24) is 4.98 Å². The number of carboxylic acids is 1. The molecule has 6 nitrogen and oxygen atoms in total. The average Bonchev–Trinajstić information content (AvgIpc) is 3.15. The quantitative estimate of drug-likeness (QED) is 0.459. The number of anilines is 2. The summed E-state index contributed by atoms with van der Waals surface area (Å²) in [7, 11) is 0. The molecule has 0 aromatic carbocycles. The van der Waals surface area contributed by atoms with Gasteiger partial charge in [0.1, 0.15) is 17.0 Å². The van der Waals surface area contributed by atoms with Crippen LogP contribution in [0.5, 0.6) is 0 Å². The number of nitrogens with zero attached hydrogens (tertiary/aromatic N) is 1. The van der Waals surface area contributed by atoms with Crippen LogP contribution in [0.15, 0.2) is 28.9 Å². The molecule has 3 aromatic rings. The number of rotatable bonds is 6. The van der Waals surface area contributed by atoms with E-state index in [0.717, 1.165) is 32.2 Å². The molecular formula is C16H18Cl3N3O3S. The number of hydrogen-bond donors (Lipinski definition) is 3. The zero-order valence-corrected chi connectivity index (χ0v) is 17.1. The lowest BCUT2D eigenvalue weighted by Gasteiger charge is -2.08. The van der Waals surface area contributed by atoms with Crippen molar-refractivity contribution in [3.05, 3.63) is 40.9 Å². The van der Waals surface area contributed by atoms with E-state index in [4.69, 9.17) is 21.1 Å². The van der Waals surface area contributed by atoms with Gasteiger partial charge in [-0.15, -0.1) is 36.2 Å². The van der Waals surface area contributed by atoms with E-state index >= 15 is 0 Å². The first-order valence-electron chi connectivity index (χ1n) is 7.31. The SMILES string of the molecule is Cc1c(N[C@H](C)C(=O)O)sc2c(NCc3ccco3)cc(Cl)nc12.Cl.Cl. The van der Waals surface area contributed by atoms with Gasteiger partial charge in [0.2, 0.25) is 0 Å². The number of nitrogens with one attached hydrogen (secondary N) is 2. The zero-order valence-electron chi connectivity index (χ0n) is 13.9. The molecule has 0 unspecified atom stereocenters. The lowest BCUT2D eigenvalue weighted by atomic mass is 10.2. The first kappa shape index (κ1) is 22.4. The largest absolute Gasteiger partial charge is 0.480 e. The standard InChI is InChI=1S/C16H16ClN3O3S.2ClH/c1-8-13-14(24-15(8)19-9(2)16(21)22)11(6-12(17)20-13)18-7-10-4-3-5-23-10;;/h3-6,9,19H,7H2,1-2H3,(H,18,20)(H,21,22);2*1H/t9-;;/m1../s1. The van der Waals surface area contributed by atoms with Gasteiger partial charge in [0.15, 0.2) is 0 Å². The van der Waals surface area contributed by atoms with Crippen molar-refractivity contribution in [2.24, 2.45) is 0 Å². The monoisotopic (exact) mass is 437 g/mol. The predicted molar refractivity (Wildman–Crippen MR) is 111 cm³/mol. The first-order chi connectivity index (χ1) is 11.5. The van der Waals surface area contributed by atoms with Gasteiger partial charge in [-0.3, -0.25) is 4.79 Å². The molecule has 3 aromatic heterocycles. The second-order valence-electron chi connectivity index (χ2n) is 5.36. The summed E-state index contributed by atoms with van der Waals surface area (Å²) in [5.74, 6) is -0.101. The number of halogens is 3. The molecule has 0 aliphatic carbocycles. The molecule has 0 aliphatic rings. The zero-order chi connectivity index (χ0) is 17.3. The Kier molecular flexibility index (Phi) is 8.02. The molecule has 3 heterocycles. The highest BCUT2D eigenvalue weighted by atomic mass is 35.5. The molecule has 0 aliphatic heterocycles. The fourth-order valence-corrected chi connectivity index (χ4v) is 3.69. The fourth-order valence-electron chi connectivity index (χ4n) is 2.27. The van der Waals surface area contributed by atoms with E-state index in [-0.39, 0.29) is 24.8 Å². The van der Waals surface area contributed by atoms with Crippen molar-refractivity contribution >= 4 is 74.6 Å². The second-order valence-corrected chi connectivity index (χ2v) is 6.77. The van der Waals surface area contributed by atoms with E-state index in [2.05, 4.69) is 15.6 Å². The van der Waals surface area contributed by atoms with Crippen LogP contribution in [0.3, 0.4) is 0 Å². The number of aryl methyl sites for hydroxylation is 1. The van der Waals surface area contributed by atoms with E-state index < -0.39 is 12.0 Å². The Morgan fingerprint density at radius 1 is 1.46 bits per heavy atom. The Morgan fingerprint density at radius 2 is 2.19 bits per heavy atom. The minimum absolute atomic E-state index is 0. The van der Waals surface area contributed by atoms with Gasteiger partial charge in [-0.05, 0) is 26.0 Å². The van der Waals surface area contributed by atoms with Crippen LogP contribution in [0.25, 0.3) is 10.2 Å². The lowest BCUT2D eigenvalue weighted by Crippen LogP contribution is -2.25. The summed E-state index contributed by atoms with van der Waals surface area (Å²) in [6.07, 6.45) is 1.62. The predicted octanol–water partition coefficient (Wildman–Crippen LogP) is 5.19. The van der Waals surface area contributed by atoms with E-state index in [0.29, 0.717) is 11.7 Å². The summed E-state index contributed by atoms with van der Waals surface area (Å²) >= 11 is 7.59. The van der Waals surface area contributed by atoms with Crippen molar-refractivity contribution in [1.29, 1.82) is 0 Å². The summed E-state index contributed by atoms with van der Waals surface area (Å²) in [4.78, 5) is 15.4. The van der Waals surface area contributed by atoms with Gasteiger partial charge in [-0.2, -0.15) is 0 Å². The topological polar surface area (TPSA) is 87.4 Å². The Balaban J connectivity index is 0.00000169. The summed E-state index contributed by atoms with van der Waals surface area (Å²) in [5, 5.41) is 16.5. The number of fused-ring (bicyclic) bond motifs is 1. The highest BCUT2D eigenvalue weighted by Gasteiger charge is 2.18. The van der Waals surface area contributed by atoms with Crippen molar-refractivity contribution in [2.75, 3.05) is 10.6 Å². The first-order valence-corrected chi connectivity index (χ1v) is 8.50. The van der Waals surface area contributed by atoms with Gasteiger partial charge in [0.25, 0.3) is 0 Å². The van der Waals surface area contributed by atoms with E-state index in [1.165, 1.54) is 11.3 Å². The molecule has 1 atom stereocenters. The third-order valence-electron chi connectivity index (χ3n) is 3.59. The summed E-state index contributed by atoms with van der Waals surface area (Å²) in [6, 6.07) is 4.78. The van der Waals surface area contributed by atoms with Crippen molar-refractivity contribution in [2.45, 2.75) is 26.4 Å². The van der Waals surface area contributed by atoms with Crippen LogP contribution in [0.1, 0.15) is 18.2 Å². The molecule has 0 saturated carbocycles. The van der Waals surface area contributed by atoms with Gasteiger partial charge in [0, 0.05) is 11.6 Å². The number of carboxylic acid groups (broad SMARTS) is 1. The molecule has 3 N–H and O–H groups in total. The molecule has 3 rings (SSSR count). The van der Waals surface area contributed by atoms with Crippen LogP contribution in [0, 0.1) is 6.92 Å². The molecule has 0 saturated heterocycles. The molecule has 0 radical (unpaired) electrons. The minimum atomic E-state index is -0.908. The van der Waals surface area contributed by atoms with Gasteiger partial charge < -0.3 is 20.2 Å². The van der Waals surface area contributed by atoms with Crippen molar-refractivity contribution in [3.63, 3.8) is 0 Å². The molecule has 0 amide bonds. The number of thiophene rings is 1. The maximum atomic E-state index is 11.1. The smallest absolute Gasteiger partial charge is 0.325 e. The van der Waals surface area contributed by atoms with Gasteiger partial charge in [-0.1, -0.05) is 11.6 Å². The normalized spacial score (nSPS) is 11.3. The van der Waals surface area contributed by atoms with E-state index in [1.807, 2.05) is 19.1 Å². The molecule has 10 heteroatoms. The molecule has 142 valence electrons. The average molecular weight is 439 g/mol. The van der Waals surface area contributed by atoms with E-state index in [9.17, 15) is 4.79 Å². The van der Waals surface area contributed by atoms with Crippen molar-refractivity contribution in [3.8, 4) is 0 Å². The Hall–Kier alpha value is -1.67. The van der Waals surface area contributed by atoms with Crippen LogP contribution in [-0.2, 0) is 11.3 Å². The number of furan rings is 1. The Bertz CT molecular complexity index is 884. The lowest BCUT2D eigenvalue weighted by molar-refractivity contribution is -0.137. The van der Waals surface area contributed by atoms with Crippen LogP contribution >= 0.6 is 47.8 Å². The third-order valence-corrected chi connectivity index (χ3v) is 5.03. The van der Waals surface area contributed by atoms with Gasteiger partial charge in [0.05, 0.1) is 33.7 Å². The Labute approximate surface area is 171 Å². The molecular weight excluding hydrogens is 421 g/mol. The highest BCUT2D eigenvalue weighted by molar-refractivity contribution is 7.23. The van der Waals surface area contributed by atoms with Gasteiger partial charge in [-0.25, -0.2) is 4.98 Å². The molecule has 26 heavy (non-hydrogen) atoms. The minimum Gasteiger partial charge on any atom is -0.480 e. The van der Waals surface area contributed by atoms with Crippen LogP contribution in [0.4, 0.5) is 10.7 Å². The summed E-state index contributed by atoms with van der Waals surface area (Å²) in [5.41, 5.74) is 2.48. The molecule has 0 bridgehead atoms. The fraction of sp³-hybridized carbons (Fsp3) is 0.250. The van der Waals surface area contributed by atoms with Crippen LogP contribution in [0.2, 0.25) is 5.15 Å². The van der Waals surface area contributed by atoms with E-state index in [1.54, 1.807) is 19.3 Å². The maximum absolute atomic E-state index is 11.1.